The molecule has 1 aromatic heterocycles. The van der Waals surface area contributed by atoms with Gasteiger partial charge in [-0.2, -0.15) is 5.10 Å². The normalized spacial score (nSPS) is 22.2. The summed E-state index contributed by atoms with van der Waals surface area (Å²) in [6.45, 7) is 7.05. The van der Waals surface area contributed by atoms with Crippen molar-refractivity contribution in [1.82, 2.24) is 14.7 Å². The molecule has 2 heterocycles. The molecule has 1 aromatic rings. The Morgan fingerprint density at radius 3 is 2.56 bits per heavy atom. The van der Waals surface area contributed by atoms with Crippen LogP contribution in [0, 0.1) is 11.3 Å². The maximum Gasteiger partial charge on any atom is 0.230 e. The van der Waals surface area contributed by atoms with Gasteiger partial charge in [-0.1, -0.05) is 33.6 Å². The molecule has 1 aliphatic carbocycles. The Balaban J connectivity index is 1.63. The van der Waals surface area contributed by atoms with Crippen LogP contribution < -0.4 is 5.32 Å². The van der Waals surface area contributed by atoms with Gasteiger partial charge in [0.05, 0.1) is 18.2 Å². The van der Waals surface area contributed by atoms with Crippen molar-refractivity contribution >= 4 is 17.6 Å². The van der Waals surface area contributed by atoms with Crippen molar-refractivity contribution in [3.63, 3.8) is 0 Å². The molecule has 2 fully saturated rings. The predicted molar refractivity (Wildman–Crippen MR) is 97.1 cm³/mol. The van der Waals surface area contributed by atoms with Gasteiger partial charge < -0.3 is 10.2 Å². The zero-order chi connectivity index (χ0) is 18.0. The van der Waals surface area contributed by atoms with E-state index in [-0.39, 0.29) is 17.7 Å². The standard InChI is InChI=1S/C19H30N4O2/c1-19(2,3)18(25)22-12-6-7-14(13-22)17(24)21-16-10-11-20-23(16)15-8-4-5-9-15/h10-11,14-15H,4-9,12-13H2,1-3H3,(H,21,24)/t14-/m1/s1. The van der Waals surface area contributed by atoms with Crippen molar-refractivity contribution in [3.8, 4) is 0 Å². The van der Waals surface area contributed by atoms with Gasteiger partial charge >= 0.3 is 0 Å². The molecule has 1 aliphatic heterocycles. The maximum absolute atomic E-state index is 12.8. The Morgan fingerprint density at radius 2 is 1.88 bits per heavy atom. The Labute approximate surface area is 149 Å². The van der Waals surface area contributed by atoms with Crippen molar-refractivity contribution < 1.29 is 9.59 Å². The summed E-state index contributed by atoms with van der Waals surface area (Å²) < 4.78 is 1.96. The molecule has 1 N–H and O–H groups in total. The molecule has 6 heteroatoms. The lowest BCUT2D eigenvalue weighted by atomic mass is 9.91. The Bertz CT molecular complexity index is 626. The summed E-state index contributed by atoms with van der Waals surface area (Å²) in [4.78, 5) is 27.1. The Kier molecular flexibility index (Phi) is 5.16. The molecule has 25 heavy (non-hydrogen) atoms. The van der Waals surface area contributed by atoms with Crippen LogP contribution in [0.1, 0.15) is 65.3 Å². The molecule has 6 nitrogen and oxygen atoms in total. The monoisotopic (exact) mass is 346 g/mol. The SMILES string of the molecule is CC(C)(C)C(=O)N1CCC[C@@H](C(=O)Nc2ccnn2C2CCCC2)C1. The van der Waals surface area contributed by atoms with Gasteiger partial charge in [-0.05, 0) is 25.7 Å². The number of rotatable bonds is 3. The predicted octanol–water partition coefficient (Wildman–Crippen LogP) is 3.22. The molecule has 1 saturated carbocycles. The summed E-state index contributed by atoms with van der Waals surface area (Å²) >= 11 is 0. The average Bonchev–Trinajstić information content (AvgIpc) is 3.24. The van der Waals surface area contributed by atoms with E-state index < -0.39 is 5.41 Å². The third-order valence-electron chi connectivity index (χ3n) is 5.31. The first-order valence-corrected chi connectivity index (χ1v) is 9.50. The third-order valence-corrected chi connectivity index (χ3v) is 5.31. The van der Waals surface area contributed by atoms with Crippen molar-refractivity contribution in [2.45, 2.75) is 65.3 Å². The molecule has 2 amide bonds. The van der Waals surface area contributed by atoms with Crippen LogP contribution in [-0.2, 0) is 9.59 Å². The van der Waals surface area contributed by atoms with E-state index in [1.54, 1.807) is 6.20 Å². The van der Waals surface area contributed by atoms with Gasteiger partial charge in [0.15, 0.2) is 0 Å². The highest BCUT2D eigenvalue weighted by atomic mass is 16.2. The smallest absolute Gasteiger partial charge is 0.230 e. The number of anilines is 1. The van der Waals surface area contributed by atoms with Crippen LogP contribution in [0.3, 0.4) is 0 Å². The summed E-state index contributed by atoms with van der Waals surface area (Å²) in [6.07, 6.45) is 8.17. The fourth-order valence-corrected chi connectivity index (χ4v) is 3.93. The first-order valence-electron chi connectivity index (χ1n) is 9.50. The van der Waals surface area contributed by atoms with E-state index in [0.717, 1.165) is 38.0 Å². The number of hydrogen-bond acceptors (Lipinski definition) is 3. The molecule has 1 saturated heterocycles. The fraction of sp³-hybridized carbons (Fsp3) is 0.737. The summed E-state index contributed by atoms with van der Waals surface area (Å²) in [7, 11) is 0. The highest BCUT2D eigenvalue weighted by Crippen LogP contribution is 2.31. The quantitative estimate of drug-likeness (QED) is 0.914. The first-order chi connectivity index (χ1) is 11.9. The molecular formula is C19H30N4O2. The highest BCUT2D eigenvalue weighted by molar-refractivity contribution is 5.92. The van der Waals surface area contributed by atoms with E-state index in [9.17, 15) is 9.59 Å². The van der Waals surface area contributed by atoms with Gasteiger partial charge in [-0.3, -0.25) is 9.59 Å². The van der Waals surface area contributed by atoms with Crippen LogP contribution in [-0.4, -0.2) is 39.6 Å². The van der Waals surface area contributed by atoms with Crippen LogP contribution in [0.4, 0.5) is 5.82 Å². The molecule has 0 aromatic carbocycles. The number of nitrogens with one attached hydrogen (secondary N) is 1. The molecule has 0 radical (unpaired) electrons. The number of likely N-dealkylation sites (tertiary alicyclic amines) is 1. The molecule has 3 rings (SSSR count). The second kappa shape index (κ2) is 7.18. The number of aromatic nitrogens is 2. The minimum atomic E-state index is -0.403. The second-order valence-electron chi connectivity index (χ2n) is 8.43. The van der Waals surface area contributed by atoms with Crippen molar-refractivity contribution in [1.29, 1.82) is 0 Å². The van der Waals surface area contributed by atoms with Gasteiger partial charge in [-0.15, -0.1) is 0 Å². The molecule has 1 atom stereocenters. The third kappa shape index (κ3) is 4.05. The number of carbonyl (C=O) groups is 2. The number of nitrogens with zero attached hydrogens (tertiary/aromatic N) is 3. The second-order valence-corrected chi connectivity index (χ2v) is 8.43. The summed E-state index contributed by atoms with van der Waals surface area (Å²) in [6, 6.07) is 2.27. The molecule has 0 bridgehead atoms. The average molecular weight is 346 g/mol. The number of amides is 2. The van der Waals surface area contributed by atoms with Crippen LogP contribution in [0.25, 0.3) is 0 Å². The van der Waals surface area contributed by atoms with Crippen molar-refractivity contribution in [2.75, 3.05) is 18.4 Å². The van der Waals surface area contributed by atoms with Gasteiger partial charge in [0, 0.05) is 24.6 Å². The lowest BCUT2D eigenvalue weighted by molar-refractivity contribution is -0.142. The maximum atomic E-state index is 12.8. The van der Waals surface area contributed by atoms with Gasteiger partial charge in [0.2, 0.25) is 11.8 Å². The molecule has 0 spiro atoms. The summed E-state index contributed by atoms with van der Waals surface area (Å²) in [5.41, 5.74) is -0.403. The highest BCUT2D eigenvalue weighted by Gasteiger charge is 2.33. The van der Waals surface area contributed by atoms with E-state index in [1.165, 1.54) is 12.8 Å². The Hall–Kier alpha value is -1.85. The van der Waals surface area contributed by atoms with Crippen LogP contribution >= 0.6 is 0 Å². The summed E-state index contributed by atoms with van der Waals surface area (Å²) in [5.74, 6) is 0.773. The fourth-order valence-electron chi connectivity index (χ4n) is 3.93. The molecular weight excluding hydrogens is 316 g/mol. The van der Waals surface area contributed by atoms with E-state index in [4.69, 9.17) is 0 Å². The van der Waals surface area contributed by atoms with Crippen molar-refractivity contribution in [2.24, 2.45) is 11.3 Å². The van der Waals surface area contributed by atoms with Crippen LogP contribution in [0.5, 0.6) is 0 Å². The van der Waals surface area contributed by atoms with E-state index >= 15 is 0 Å². The van der Waals surface area contributed by atoms with Gasteiger partial charge in [-0.25, -0.2) is 4.68 Å². The van der Waals surface area contributed by atoms with E-state index in [2.05, 4.69) is 10.4 Å². The largest absolute Gasteiger partial charge is 0.341 e. The Morgan fingerprint density at radius 1 is 1.16 bits per heavy atom. The van der Waals surface area contributed by atoms with E-state index in [1.807, 2.05) is 36.4 Å². The zero-order valence-corrected chi connectivity index (χ0v) is 15.6. The van der Waals surface area contributed by atoms with Gasteiger partial charge in [0.25, 0.3) is 0 Å². The van der Waals surface area contributed by atoms with Crippen LogP contribution in [0.15, 0.2) is 12.3 Å². The van der Waals surface area contributed by atoms with Crippen LogP contribution in [0.2, 0.25) is 0 Å². The van der Waals surface area contributed by atoms with E-state index in [0.29, 0.717) is 12.6 Å². The zero-order valence-electron chi connectivity index (χ0n) is 15.6. The number of hydrogen-bond donors (Lipinski definition) is 1. The first kappa shape index (κ1) is 18.0. The number of piperidine rings is 1. The van der Waals surface area contributed by atoms with Crippen molar-refractivity contribution in [3.05, 3.63) is 12.3 Å². The summed E-state index contributed by atoms with van der Waals surface area (Å²) in [5, 5.41) is 7.47. The minimum Gasteiger partial charge on any atom is -0.341 e. The van der Waals surface area contributed by atoms with Gasteiger partial charge in [0.1, 0.15) is 5.82 Å². The topological polar surface area (TPSA) is 67.2 Å². The molecule has 138 valence electrons. The molecule has 2 aliphatic rings. The molecule has 0 unspecified atom stereocenters. The lowest BCUT2D eigenvalue weighted by Gasteiger charge is -2.35. The lowest BCUT2D eigenvalue weighted by Crippen LogP contribution is -2.47. The number of carbonyl (C=O) groups excluding carboxylic acids is 2. The minimum absolute atomic E-state index is 0.00570.